The molecular weight excluding hydrogens is 454 g/mol. The second-order valence-electron chi connectivity index (χ2n) is 9.09. The van der Waals surface area contributed by atoms with E-state index in [-0.39, 0.29) is 36.8 Å². The van der Waals surface area contributed by atoms with Crippen molar-refractivity contribution < 1.29 is 19.1 Å². The van der Waals surface area contributed by atoms with Crippen LogP contribution < -0.4 is 20.3 Å². The summed E-state index contributed by atoms with van der Waals surface area (Å²) in [6.45, 7) is 4.67. The molecule has 1 fully saturated rings. The van der Waals surface area contributed by atoms with E-state index in [1.54, 1.807) is 29.2 Å². The van der Waals surface area contributed by atoms with Crippen LogP contribution in [0.15, 0.2) is 78.9 Å². The van der Waals surface area contributed by atoms with Gasteiger partial charge >= 0.3 is 0 Å². The highest BCUT2D eigenvalue weighted by Crippen LogP contribution is 2.28. The maximum absolute atomic E-state index is 13.0. The van der Waals surface area contributed by atoms with Gasteiger partial charge in [-0.1, -0.05) is 42.5 Å². The van der Waals surface area contributed by atoms with E-state index in [4.69, 9.17) is 4.74 Å². The number of hydrogen-bond acceptors (Lipinski definition) is 4. The smallest absolute Gasteiger partial charge is 0.253 e. The molecule has 1 heterocycles. The molecule has 1 aliphatic rings. The number of carbonyl (C=O) groups is 3. The first-order valence-electron chi connectivity index (χ1n) is 12.2. The first-order valence-corrected chi connectivity index (χ1v) is 12.2. The van der Waals surface area contributed by atoms with Crippen LogP contribution in [0.5, 0.6) is 5.75 Å². The van der Waals surface area contributed by atoms with Gasteiger partial charge in [0.15, 0.2) is 0 Å². The average molecular weight is 486 g/mol. The Morgan fingerprint density at radius 1 is 0.972 bits per heavy atom. The molecule has 1 atom stereocenters. The molecule has 1 aliphatic heterocycles. The fourth-order valence-corrected chi connectivity index (χ4v) is 4.19. The van der Waals surface area contributed by atoms with Crippen molar-refractivity contribution in [2.24, 2.45) is 5.92 Å². The number of para-hydroxylation sites is 1. The highest BCUT2D eigenvalue weighted by atomic mass is 16.5. The summed E-state index contributed by atoms with van der Waals surface area (Å²) in [7, 11) is 0. The molecule has 7 nitrogen and oxygen atoms in total. The van der Waals surface area contributed by atoms with Crippen LogP contribution in [-0.2, 0) is 16.0 Å². The third kappa shape index (κ3) is 6.30. The van der Waals surface area contributed by atoms with Crippen molar-refractivity contribution in [3.63, 3.8) is 0 Å². The number of ether oxygens (including phenoxy) is 1. The van der Waals surface area contributed by atoms with Crippen molar-refractivity contribution in [2.75, 3.05) is 23.3 Å². The lowest BCUT2D eigenvalue weighted by Gasteiger charge is -2.18. The van der Waals surface area contributed by atoms with Crippen molar-refractivity contribution in [3.05, 3.63) is 90.0 Å². The Kier molecular flexibility index (Phi) is 8.00. The lowest BCUT2D eigenvalue weighted by Crippen LogP contribution is -2.30. The summed E-state index contributed by atoms with van der Waals surface area (Å²) in [6, 6.07) is 24.1. The zero-order valence-corrected chi connectivity index (χ0v) is 20.6. The number of hydrogen-bond donors (Lipinski definition) is 2. The average Bonchev–Trinajstić information content (AvgIpc) is 3.27. The first-order chi connectivity index (χ1) is 17.4. The van der Waals surface area contributed by atoms with E-state index in [2.05, 4.69) is 10.6 Å². The van der Waals surface area contributed by atoms with Crippen LogP contribution in [0.4, 0.5) is 11.4 Å². The van der Waals surface area contributed by atoms with Crippen molar-refractivity contribution >= 4 is 29.1 Å². The second kappa shape index (κ2) is 11.5. The maximum atomic E-state index is 13.0. The van der Waals surface area contributed by atoms with Crippen molar-refractivity contribution in [3.8, 4) is 5.75 Å². The Balaban J connectivity index is 1.36. The fraction of sp³-hybridized carbons (Fsp3) is 0.276. The first kappa shape index (κ1) is 25.0. The quantitative estimate of drug-likeness (QED) is 0.469. The molecule has 4 rings (SSSR count). The number of carbonyl (C=O) groups excluding carboxylic acids is 3. The lowest BCUT2D eigenvalue weighted by atomic mass is 10.1. The van der Waals surface area contributed by atoms with Gasteiger partial charge in [-0.05, 0) is 62.2 Å². The van der Waals surface area contributed by atoms with Crippen LogP contribution in [0.3, 0.4) is 0 Å². The van der Waals surface area contributed by atoms with Gasteiger partial charge < -0.3 is 20.3 Å². The van der Waals surface area contributed by atoms with Crippen molar-refractivity contribution in [2.45, 2.75) is 32.8 Å². The van der Waals surface area contributed by atoms with Gasteiger partial charge in [0.05, 0.1) is 23.3 Å². The highest BCUT2D eigenvalue weighted by Gasteiger charge is 2.35. The minimum atomic E-state index is -0.515. The molecule has 3 aromatic carbocycles. The van der Waals surface area contributed by atoms with Gasteiger partial charge in [0.1, 0.15) is 5.75 Å². The van der Waals surface area contributed by atoms with Crippen LogP contribution in [0.1, 0.15) is 36.2 Å². The lowest BCUT2D eigenvalue weighted by molar-refractivity contribution is -0.122. The normalized spacial score (nSPS) is 15.1. The fourth-order valence-electron chi connectivity index (χ4n) is 4.19. The van der Waals surface area contributed by atoms with Crippen LogP contribution in [0.2, 0.25) is 0 Å². The summed E-state index contributed by atoms with van der Waals surface area (Å²) in [5.41, 5.74) is 2.68. The minimum absolute atomic E-state index is 0.0613. The van der Waals surface area contributed by atoms with Gasteiger partial charge in [0, 0.05) is 25.2 Å². The third-order valence-electron chi connectivity index (χ3n) is 5.99. The zero-order valence-electron chi connectivity index (χ0n) is 20.6. The van der Waals surface area contributed by atoms with Crippen LogP contribution >= 0.6 is 0 Å². The molecule has 0 aromatic heterocycles. The molecule has 1 saturated heterocycles. The Labute approximate surface area is 211 Å². The van der Waals surface area contributed by atoms with Gasteiger partial charge in [0.2, 0.25) is 11.8 Å². The molecule has 0 unspecified atom stereocenters. The molecule has 186 valence electrons. The Bertz CT molecular complexity index is 1210. The summed E-state index contributed by atoms with van der Waals surface area (Å²) < 4.78 is 5.66. The molecule has 0 bridgehead atoms. The third-order valence-corrected chi connectivity index (χ3v) is 5.99. The van der Waals surface area contributed by atoms with E-state index < -0.39 is 5.92 Å². The number of benzene rings is 3. The van der Waals surface area contributed by atoms with E-state index >= 15 is 0 Å². The van der Waals surface area contributed by atoms with Crippen molar-refractivity contribution in [1.82, 2.24) is 5.32 Å². The molecule has 3 amide bonds. The maximum Gasteiger partial charge on any atom is 0.253 e. The van der Waals surface area contributed by atoms with E-state index in [1.807, 2.05) is 68.4 Å². The largest absolute Gasteiger partial charge is 0.491 e. The Morgan fingerprint density at radius 2 is 1.67 bits per heavy atom. The molecule has 7 heteroatoms. The number of nitrogens with zero attached hydrogens (tertiary/aromatic N) is 1. The monoisotopic (exact) mass is 485 g/mol. The summed E-state index contributed by atoms with van der Waals surface area (Å²) in [5, 5.41) is 5.79. The Hall–Kier alpha value is -4.13. The summed E-state index contributed by atoms with van der Waals surface area (Å²) in [4.78, 5) is 40.1. The second-order valence-corrected chi connectivity index (χ2v) is 9.09. The van der Waals surface area contributed by atoms with Gasteiger partial charge in [-0.15, -0.1) is 0 Å². The SMILES string of the molecule is CC(C)Oc1ccc(N2C[C@H](C(=O)Nc3ccccc3C(=O)NCCc3ccccc3)CC2=O)cc1. The summed E-state index contributed by atoms with van der Waals surface area (Å²) >= 11 is 0. The van der Waals surface area contributed by atoms with E-state index in [1.165, 1.54) is 0 Å². The summed E-state index contributed by atoms with van der Waals surface area (Å²) in [6.07, 6.45) is 0.888. The molecule has 0 saturated carbocycles. The summed E-state index contributed by atoms with van der Waals surface area (Å²) in [5.74, 6) is -0.434. The molecule has 0 spiro atoms. The van der Waals surface area contributed by atoms with Crippen LogP contribution in [0.25, 0.3) is 0 Å². The van der Waals surface area contributed by atoms with Gasteiger partial charge in [0.25, 0.3) is 5.91 Å². The predicted molar refractivity (Wildman–Crippen MR) is 140 cm³/mol. The standard InChI is InChI=1S/C29H31N3O4/c1-20(2)36-24-14-12-23(13-15-24)32-19-22(18-27(32)33)28(34)31-26-11-7-6-10-25(26)29(35)30-17-16-21-8-4-3-5-9-21/h3-15,20,22H,16-19H2,1-2H3,(H,30,35)(H,31,34)/t22-/m1/s1. The number of nitrogens with one attached hydrogen (secondary N) is 2. The van der Waals surface area contributed by atoms with Gasteiger partial charge in [-0.2, -0.15) is 0 Å². The molecule has 36 heavy (non-hydrogen) atoms. The van der Waals surface area contributed by atoms with E-state index in [0.717, 1.165) is 17.0 Å². The van der Waals surface area contributed by atoms with Crippen molar-refractivity contribution in [1.29, 1.82) is 0 Å². The molecule has 3 aromatic rings. The highest BCUT2D eigenvalue weighted by molar-refractivity contribution is 6.07. The molecule has 2 N–H and O–H groups in total. The Morgan fingerprint density at radius 3 is 2.39 bits per heavy atom. The van der Waals surface area contributed by atoms with Gasteiger partial charge in [-0.25, -0.2) is 0 Å². The molecular formula is C29H31N3O4. The number of rotatable bonds is 9. The number of amides is 3. The number of anilines is 2. The van der Waals surface area contributed by atoms with Crippen LogP contribution in [0, 0.1) is 5.92 Å². The minimum Gasteiger partial charge on any atom is -0.491 e. The molecule has 0 aliphatic carbocycles. The molecule has 0 radical (unpaired) electrons. The zero-order chi connectivity index (χ0) is 25.5. The van der Waals surface area contributed by atoms with Crippen LogP contribution in [-0.4, -0.2) is 36.9 Å². The predicted octanol–water partition coefficient (Wildman–Crippen LogP) is 4.44. The van der Waals surface area contributed by atoms with Gasteiger partial charge in [-0.3, -0.25) is 14.4 Å². The van der Waals surface area contributed by atoms with E-state index in [0.29, 0.717) is 24.2 Å². The topological polar surface area (TPSA) is 87.7 Å². The van der Waals surface area contributed by atoms with E-state index in [9.17, 15) is 14.4 Å².